The van der Waals surface area contributed by atoms with Crippen molar-refractivity contribution < 1.29 is 4.79 Å². The zero-order chi connectivity index (χ0) is 15.3. The van der Waals surface area contributed by atoms with E-state index in [1.165, 1.54) is 24.8 Å². The Hall–Kier alpha value is -1.15. The van der Waals surface area contributed by atoms with Crippen LogP contribution in [0, 0.1) is 0 Å². The number of carbonyl (C=O) groups excluding carboxylic acids is 1. The molecule has 1 saturated heterocycles. The molecule has 1 aliphatic rings. The van der Waals surface area contributed by atoms with Gasteiger partial charge in [0.05, 0.1) is 5.54 Å². The molecule has 0 spiro atoms. The molecule has 2 heteroatoms. The number of hydrogen-bond acceptors (Lipinski definition) is 2. The molecule has 2 rings (SSSR count). The lowest BCUT2D eigenvalue weighted by Gasteiger charge is -2.42. The Labute approximate surface area is 129 Å². The Morgan fingerprint density at radius 2 is 1.90 bits per heavy atom. The van der Waals surface area contributed by atoms with E-state index in [9.17, 15) is 4.79 Å². The second-order valence-corrected chi connectivity index (χ2v) is 6.45. The topological polar surface area (TPSA) is 20.3 Å². The first-order valence-electron chi connectivity index (χ1n) is 8.50. The van der Waals surface area contributed by atoms with E-state index < -0.39 is 0 Å². The number of Topliss-reactive ketones (excluding diaryl/α,β-unsaturated/α-hetero) is 1. The van der Waals surface area contributed by atoms with Gasteiger partial charge in [0.15, 0.2) is 5.78 Å². The molecule has 1 aromatic carbocycles. The predicted octanol–water partition coefficient (Wildman–Crippen LogP) is 4.48. The van der Waals surface area contributed by atoms with Gasteiger partial charge in [-0.05, 0) is 57.3 Å². The summed E-state index contributed by atoms with van der Waals surface area (Å²) in [6.45, 7) is 8.57. The normalized spacial score (nSPS) is 19.2. The average molecular weight is 287 g/mol. The van der Waals surface area contributed by atoms with Crippen molar-refractivity contribution in [1.82, 2.24) is 4.90 Å². The van der Waals surface area contributed by atoms with Crippen LogP contribution >= 0.6 is 0 Å². The maximum atomic E-state index is 13.1. The number of ketones is 1. The number of nitrogens with zero attached hydrogens (tertiary/aromatic N) is 1. The first kappa shape index (κ1) is 16.2. The number of benzene rings is 1. The minimum absolute atomic E-state index is 0.296. The van der Waals surface area contributed by atoms with Gasteiger partial charge in [0, 0.05) is 5.56 Å². The minimum atomic E-state index is -0.342. The molecule has 0 bridgehead atoms. The predicted molar refractivity (Wildman–Crippen MR) is 88.9 cm³/mol. The summed E-state index contributed by atoms with van der Waals surface area (Å²) in [4.78, 5) is 15.5. The van der Waals surface area contributed by atoms with Gasteiger partial charge in [-0.2, -0.15) is 0 Å². The molecule has 21 heavy (non-hydrogen) atoms. The first-order valence-corrected chi connectivity index (χ1v) is 8.50. The number of hydrogen-bond donors (Lipinski definition) is 0. The summed E-state index contributed by atoms with van der Waals surface area (Å²) in [7, 11) is 0. The highest BCUT2D eigenvalue weighted by Crippen LogP contribution is 2.28. The van der Waals surface area contributed by atoms with Gasteiger partial charge in [-0.3, -0.25) is 9.69 Å². The van der Waals surface area contributed by atoms with Crippen molar-refractivity contribution in [2.24, 2.45) is 0 Å². The van der Waals surface area contributed by atoms with Crippen LogP contribution in [0.25, 0.3) is 0 Å². The van der Waals surface area contributed by atoms with E-state index in [2.05, 4.69) is 37.8 Å². The van der Waals surface area contributed by atoms with E-state index in [0.717, 1.165) is 37.9 Å². The third kappa shape index (κ3) is 3.55. The number of carbonyl (C=O) groups is 1. The molecule has 0 saturated carbocycles. The van der Waals surface area contributed by atoms with Gasteiger partial charge in [-0.25, -0.2) is 0 Å². The van der Waals surface area contributed by atoms with Crippen LogP contribution in [-0.4, -0.2) is 29.3 Å². The first-order chi connectivity index (χ1) is 10.1. The Balaban J connectivity index is 2.24. The van der Waals surface area contributed by atoms with Crippen LogP contribution in [-0.2, 0) is 6.42 Å². The van der Waals surface area contributed by atoms with Crippen LogP contribution in [0.2, 0.25) is 0 Å². The highest BCUT2D eigenvalue weighted by molar-refractivity contribution is 6.03. The zero-order valence-corrected chi connectivity index (χ0v) is 13.8. The van der Waals surface area contributed by atoms with Crippen molar-refractivity contribution in [3.63, 3.8) is 0 Å². The number of aryl methyl sites for hydroxylation is 1. The van der Waals surface area contributed by atoms with Gasteiger partial charge < -0.3 is 0 Å². The van der Waals surface area contributed by atoms with Crippen molar-refractivity contribution in [2.45, 2.75) is 64.8 Å². The molecule has 0 N–H and O–H groups in total. The summed E-state index contributed by atoms with van der Waals surface area (Å²) in [5.74, 6) is 0.296. The van der Waals surface area contributed by atoms with Crippen molar-refractivity contribution in [3.8, 4) is 0 Å². The molecule has 1 atom stereocenters. The van der Waals surface area contributed by atoms with E-state index in [-0.39, 0.29) is 5.54 Å². The fraction of sp³-hybridized carbons (Fsp3) is 0.632. The molecule has 2 nitrogen and oxygen atoms in total. The molecule has 1 aromatic rings. The lowest BCUT2D eigenvalue weighted by atomic mass is 9.85. The summed E-state index contributed by atoms with van der Waals surface area (Å²) in [6, 6.07) is 8.25. The van der Waals surface area contributed by atoms with Crippen molar-refractivity contribution in [3.05, 3.63) is 35.4 Å². The third-order valence-corrected chi connectivity index (χ3v) is 4.96. The maximum Gasteiger partial charge on any atom is 0.182 e. The maximum absolute atomic E-state index is 13.1. The third-order valence-electron chi connectivity index (χ3n) is 4.96. The molecular weight excluding hydrogens is 258 g/mol. The van der Waals surface area contributed by atoms with E-state index in [4.69, 9.17) is 0 Å². The molecule has 0 amide bonds. The molecular formula is C19H29NO. The number of piperidine rings is 1. The number of rotatable bonds is 6. The second kappa shape index (κ2) is 7.22. The SMILES string of the molecule is CCCc1cccc(C(=O)C(C)(CC)N2CCCCC2)c1. The molecule has 1 aliphatic heterocycles. The number of likely N-dealkylation sites (tertiary alicyclic amines) is 1. The minimum Gasteiger partial charge on any atom is -0.292 e. The average Bonchev–Trinajstić information content (AvgIpc) is 2.55. The molecule has 1 unspecified atom stereocenters. The molecule has 0 aromatic heterocycles. The van der Waals surface area contributed by atoms with Crippen LogP contribution in [0.5, 0.6) is 0 Å². The van der Waals surface area contributed by atoms with Gasteiger partial charge in [0.2, 0.25) is 0 Å². The Morgan fingerprint density at radius 1 is 1.19 bits per heavy atom. The van der Waals surface area contributed by atoms with E-state index in [1.807, 2.05) is 12.1 Å². The Kier molecular flexibility index (Phi) is 5.58. The summed E-state index contributed by atoms with van der Waals surface area (Å²) in [5.41, 5.74) is 1.82. The van der Waals surface area contributed by atoms with Crippen LogP contribution in [0.3, 0.4) is 0 Å². The Morgan fingerprint density at radius 3 is 2.52 bits per heavy atom. The summed E-state index contributed by atoms with van der Waals surface area (Å²) < 4.78 is 0. The highest BCUT2D eigenvalue weighted by atomic mass is 16.1. The molecule has 1 heterocycles. The second-order valence-electron chi connectivity index (χ2n) is 6.45. The van der Waals surface area contributed by atoms with Crippen LogP contribution < -0.4 is 0 Å². The van der Waals surface area contributed by atoms with Crippen LogP contribution in [0.1, 0.15) is 68.8 Å². The van der Waals surface area contributed by atoms with Gasteiger partial charge in [-0.15, -0.1) is 0 Å². The van der Waals surface area contributed by atoms with Crippen LogP contribution in [0.15, 0.2) is 24.3 Å². The van der Waals surface area contributed by atoms with E-state index in [0.29, 0.717) is 5.78 Å². The Bertz CT molecular complexity index is 476. The lowest BCUT2D eigenvalue weighted by Crippen LogP contribution is -2.53. The largest absolute Gasteiger partial charge is 0.292 e. The van der Waals surface area contributed by atoms with E-state index in [1.54, 1.807) is 0 Å². The molecule has 1 fully saturated rings. The van der Waals surface area contributed by atoms with Gasteiger partial charge in [0.25, 0.3) is 0 Å². The van der Waals surface area contributed by atoms with Gasteiger partial charge >= 0.3 is 0 Å². The monoisotopic (exact) mass is 287 g/mol. The van der Waals surface area contributed by atoms with Crippen molar-refractivity contribution >= 4 is 5.78 Å². The molecule has 0 radical (unpaired) electrons. The highest BCUT2D eigenvalue weighted by Gasteiger charge is 2.38. The van der Waals surface area contributed by atoms with E-state index >= 15 is 0 Å². The van der Waals surface area contributed by atoms with Gasteiger partial charge in [0.1, 0.15) is 0 Å². The van der Waals surface area contributed by atoms with Crippen molar-refractivity contribution in [1.29, 1.82) is 0 Å². The fourth-order valence-electron chi connectivity index (χ4n) is 3.38. The molecule has 0 aliphatic carbocycles. The standard InChI is InChI=1S/C19H29NO/c1-4-10-16-11-9-12-17(15-16)18(21)19(3,5-2)20-13-7-6-8-14-20/h9,11-12,15H,4-8,10,13-14H2,1-3H3. The summed E-state index contributed by atoms with van der Waals surface area (Å²) in [5, 5.41) is 0. The summed E-state index contributed by atoms with van der Waals surface area (Å²) in [6.07, 6.45) is 6.79. The summed E-state index contributed by atoms with van der Waals surface area (Å²) >= 11 is 0. The van der Waals surface area contributed by atoms with Gasteiger partial charge in [-0.1, -0.05) is 44.9 Å². The lowest BCUT2D eigenvalue weighted by molar-refractivity contribution is 0.0505. The fourth-order valence-corrected chi connectivity index (χ4v) is 3.38. The molecule has 116 valence electrons. The smallest absolute Gasteiger partial charge is 0.182 e. The zero-order valence-electron chi connectivity index (χ0n) is 13.8. The van der Waals surface area contributed by atoms with Crippen molar-refractivity contribution in [2.75, 3.05) is 13.1 Å². The van der Waals surface area contributed by atoms with Crippen LogP contribution in [0.4, 0.5) is 0 Å². The quantitative estimate of drug-likeness (QED) is 0.719.